The Morgan fingerprint density at radius 1 is 1.33 bits per heavy atom. The van der Waals surface area contributed by atoms with Crippen LogP contribution in [0.25, 0.3) is 0 Å². The second-order valence-electron chi connectivity index (χ2n) is 2.88. The van der Waals surface area contributed by atoms with Crippen molar-refractivity contribution in [2.45, 2.75) is 40.0 Å². The van der Waals surface area contributed by atoms with Gasteiger partial charge in [-0.05, 0) is 26.7 Å². The van der Waals surface area contributed by atoms with Gasteiger partial charge >= 0.3 is 0 Å². The lowest BCUT2D eigenvalue weighted by Crippen LogP contribution is -1.90. The topological polar surface area (TPSA) is 17.1 Å². The van der Waals surface area contributed by atoms with Crippen LogP contribution in [0.1, 0.15) is 40.0 Å². The minimum absolute atomic E-state index is 0.263. The van der Waals surface area contributed by atoms with Gasteiger partial charge in [-0.15, -0.1) is 0 Å². The number of allylic oxidation sites excluding steroid dienone is 4. The van der Waals surface area contributed by atoms with Gasteiger partial charge in [0.25, 0.3) is 0 Å². The number of Topliss-reactive ketones (excluding diaryl/α,β-unsaturated/α-hetero) is 1. The summed E-state index contributed by atoms with van der Waals surface area (Å²) in [6, 6.07) is 0. The van der Waals surface area contributed by atoms with Gasteiger partial charge in [-0.2, -0.15) is 0 Å². The van der Waals surface area contributed by atoms with Crippen molar-refractivity contribution in [3.8, 4) is 0 Å². The molecule has 0 bridgehead atoms. The highest BCUT2D eigenvalue weighted by molar-refractivity contribution is 5.75. The molecule has 0 aromatic rings. The van der Waals surface area contributed by atoms with Crippen LogP contribution in [-0.4, -0.2) is 5.78 Å². The molecule has 1 heteroatoms. The zero-order chi connectivity index (χ0) is 9.40. The first-order valence-electron chi connectivity index (χ1n) is 4.51. The zero-order valence-electron chi connectivity index (χ0n) is 8.26. The van der Waals surface area contributed by atoms with Crippen LogP contribution in [0.2, 0.25) is 0 Å². The molecule has 0 aliphatic heterocycles. The van der Waals surface area contributed by atoms with E-state index in [-0.39, 0.29) is 5.78 Å². The van der Waals surface area contributed by atoms with Gasteiger partial charge in [0, 0.05) is 6.42 Å². The maximum atomic E-state index is 10.7. The van der Waals surface area contributed by atoms with Crippen molar-refractivity contribution in [3.63, 3.8) is 0 Å². The summed E-state index contributed by atoms with van der Waals surface area (Å²) in [6.45, 7) is 5.75. The Morgan fingerprint density at radius 2 is 2.00 bits per heavy atom. The number of hydrogen-bond acceptors (Lipinski definition) is 1. The number of ketones is 1. The first-order valence-corrected chi connectivity index (χ1v) is 4.51. The summed E-state index contributed by atoms with van der Waals surface area (Å²) in [5.74, 6) is 0.263. The van der Waals surface area contributed by atoms with E-state index in [1.165, 1.54) is 5.57 Å². The molecule has 0 fully saturated rings. The van der Waals surface area contributed by atoms with E-state index in [9.17, 15) is 4.79 Å². The molecule has 68 valence electrons. The molecule has 0 aliphatic rings. The quantitative estimate of drug-likeness (QED) is 0.573. The first kappa shape index (κ1) is 11.2. The van der Waals surface area contributed by atoms with Crippen LogP contribution < -0.4 is 0 Å². The third kappa shape index (κ3) is 5.90. The molecule has 0 unspecified atom stereocenters. The van der Waals surface area contributed by atoms with E-state index in [0.29, 0.717) is 6.42 Å². The summed E-state index contributed by atoms with van der Waals surface area (Å²) < 4.78 is 0. The van der Waals surface area contributed by atoms with Gasteiger partial charge in [0.15, 0.2) is 0 Å². The molecule has 0 atom stereocenters. The highest BCUT2D eigenvalue weighted by atomic mass is 16.1. The summed E-state index contributed by atoms with van der Waals surface area (Å²) in [6.07, 6.45) is 8.88. The minimum atomic E-state index is 0.263. The van der Waals surface area contributed by atoms with Gasteiger partial charge in [0.2, 0.25) is 0 Å². The van der Waals surface area contributed by atoms with Crippen LogP contribution in [0.4, 0.5) is 0 Å². The van der Waals surface area contributed by atoms with Gasteiger partial charge < -0.3 is 4.79 Å². The molecule has 0 aromatic carbocycles. The number of carbonyl (C=O) groups is 1. The average Bonchev–Trinajstić information content (AvgIpc) is 2.05. The second-order valence-corrected chi connectivity index (χ2v) is 2.88. The zero-order valence-corrected chi connectivity index (χ0v) is 8.26. The van der Waals surface area contributed by atoms with E-state index in [0.717, 1.165) is 12.8 Å². The van der Waals surface area contributed by atoms with Gasteiger partial charge in [-0.25, -0.2) is 0 Å². The predicted octanol–water partition coefficient (Wildman–Crippen LogP) is 3.27. The van der Waals surface area contributed by atoms with Gasteiger partial charge in [0.05, 0.1) is 0 Å². The molecule has 0 amide bonds. The lowest BCUT2D eigenvalue weighted by Gasteiger charge is -1.97. The van der Waals surface area contributed by atoms with E-state index in [1.54, 1.807) is 6.92 Å². The van der Waals surface area contributed by atoms with Crippen molar-refractivity contribution < 1.29 is 4.79 Å². The standard InChI is InChI=1S/C11H18O/c1-4-6-7-11(5-2)9-8-10(3)12/h5-7H,4,8-9H2,1-3H3/b7-6-,11-5+. The van der Waals surface area contributed by atoms with E-state index < -0.39 is 0 Å². The molecular weight excluding hydrogens is 148 g/mol. The van der Waals surface area contributed by atoms with Gasteiger partial charge in [0.1, 0.15) is 5.78 Å². The molecular formula is C11H18O. The largest absolute Gasteiger partial charge is 0.300 e. The van der Waals surface area contributed by atoms with Crippen molar-refractivity contribution >= 4 is 5.78 Å². The maximum absolute atomic E-state index is 10.7. The Hall–Kier alpha value is -0.850. The summed E-state index contributed by atoms with van der Waals surface area (Å²) >= 11 is 0. The van der Waals surface area contributed by atoms with E-state index in [1.807, 2.05) is 6.92 Å². The van der Waals surface area contributed by atoms with Crippen molar-refractivity contribution in [1.82, 2.24) is 0 Å². The van der Waals surface area contributed by atoms with Crippen LogP contribution in [0.15, 0.2) is 23.8 Å². The highest BCUT2D eigenvalue weighted by Crippen LogP contribution is 2.07. The predicted molar refractivity (Wildman–Crippen MR) is 53.1 cm³/mol. The molecule has 0 spiro atoms. The molecule has 0 saturated heterocycles. The summed E-state index contributed by atoms with van der Waals surface area (Å²) in [5, 5.41) is 0. The molecule has 0 heterocycles. The van der Waals surface area contributed by atoms with Crippen LogP contribution in [0.5, 0.6) is 0 Å². The number of carbonyl (C=O) groups excluding carboxylic acids is 1. The summed E-state index contributed by atoms with van der Waals surface area (Å²) in [4.78, 5) is 10.7. The van der Waals surface area contributed by atoms with Crippen LogP contribution >= 0.6 is 0 Å². The molecule has 0 aliphatic carbocycles. The van der Waals surface area contributed by atoms with Crippen LogP contribution in [0.3, 0.4) is 0 Å². The van der Waals surface area contributed by atoms with E-state index in [2.05, 4.69) is 25.2 Å². The lowest BCUT2D eigenvalue weighted by molar-refractivity contribution is -0.116. The highest BCUT2D eigenvalue weighted by Gasteiger charge is 1.94. The maximum Gasteiger partial charge on any atom is 0.130 e. The van der Waals surface area contributed by atoms with Crippen molar-refractivity contribution in [2.24, 2.45) is 0 Å². The molecule has 0 aromatic heterocycles. The van der Waals surface area contributed by atoms with Crippen molar-refractivity contribution in [3.05, 3.63) is 23.8 Å². The minimum Gasteiger partial charge on any atom is -0.300 e. The summed E-state index contributed by atoms with van der Waals surface area (Å²) in [7, 11) is 0. The Bertz CT molecular complexity index is 187. The monoisotopic (exact) mass is 166 g/mol. The van der Waals surface area contributed by atoms with Crippen molar-refractivity contribution in [2.75, 3.05) is 0 Å². The molecule has 12 heavy (non-hydrogen) atoms. The van der Waals surface area contributed by atoms with Gasteiger partial charge in [-0.3, -0.25) is 0 Å². The summed E-state index contributed by atoms with van der Waals surface area (Å²) in [5.41, 5.74) is 1.26. The molecule has 0 radical (unpaired) electrons. The normalized spacial score (nSPS) is 12.4. The third-order valence-corrected chi connectivity index (χ3v) is 1.70. The Labute approximate surface area is 75.2 Å². The lowest BCUT2D eigenvalue weighted by atomic mass is 10.1. The molecule has 0 rings (SSSR count). The molecule has 0 saturated carbocycles. The van der Waals surface area contributed by atoms with E-state index in [4.69, 9.17) is 0 Å². The Morgan fingerprint density at radius 3 is 2.42 bits per heavy atom. The van der Waals surface area contributed by atoms with Crippen LogP contribution in [0, 0.1) is 0 Å². The average molecular weight is 166 g/mol. The van der Waals surface area contributed by atoms with Crippen molar-refractivity contribution in [1.29, 1.82) is 0 Å². The fourth-order valence-electron chi connectivity index (χ4n) is 0.913. The molecule has 0 N–H and O–H groups in total. The smallest absolute Gasteiger partial charge is 0.130 e. The fraction of sp³-hybridized carbons (Fsp3) is 0.545. The number of hydrogen-bond donors (Lipinski definition) is 0. The van der Waals surface area contributed by atoms with Gasteiger partial charge in [-0.1, -0.05) is 30.7 Å². The first-order chi connectivity index (χ1) is 5.70. The van der Waals surface area contributed by atoms with E-state index >= 15 is 0 Å². The second kappa shape index (κ2) is 6.84. The number of rotatable bonds is 5. The molecule has 1 nitrogen and oxygen atoms in total. The SMILES string of the molecule is C/C=C(\C=C/CC)CCC(C)=O. The third-order valence-electron chi connectivity index (χ3n) is 1.70. The van der Waals surface area contributed by atoms with Crippen LogP contribution in [-0.2, 0) is 4.79 Å². The Balaban J connectivity index is 3.85. The fourth-order valence-corrected chi connectivity index (χ4v) is 0.913. The Kier molecular flexibility index (Phi) is 6.35.